The Morgan fingerprint density at radius 1 is 1.00 bits per heavy atom. The molecule has 0 unspecified atom stereocenters. The van der Waals surface area contributed by atoms with Crippen LogP contribution in [0, 0.1) is 20.8 Å². The number of nitrogens with one attached hydrogen (secondary N) is 2. The number of ether oxygens (including phenoxy) is 1. The molecule has 0 radical (unpaired) electrons. The molecule has 0 saturated carbocycles. The summed E-state index contributed by atoms with van der Waals surface area (Å²) in [4.78, 5) is 24.5. The molecule has 3 rings (SSSR count). The first-order valence-electron chi connectivity index (χ1n) is 7.65. The minimum atomic E-state index is -0.543. The average Bonchev–Trinajstić information content (AvgIpc) is 3.11. The van der Waals surface area contributed by atoms with Crippen LogP contribution >= 0.6 is 0 Å². The molecule has 25 heavy (non-hydrogen) atoms. The third-order valence-electron chi connectivity index (χ3n) is 3.92. The Bertz CT molecular complexity index is 967. The Kier molecular flexibility index (Phi) is 4.22. The number of methoxy groups -OCH3 is 1. The third-order valence-corrected chi connectivity index (χ3v) is 3.92. The van der Waals surface area contributed by atoms with Crippen LogP contribution in [0.15, 0.2) is 33.1 Å². The molecule has 2 N–H and O–H groups in total. The quantitative estimate of drug-likeness (QED) is 0.714. The van der Waals surface area contributed by atoms with E-state index in [-0.39, 0.29) is 5.76 Å². The van der Waals surface area contributed by atoms with Crippen molar-refractivity contribution in [3.63, 3.8) is 0 Å². The normalized spacial score (nSPS) is 10.7. The number of benzene rings is 1. The van der Waals surface area contributed by atoms with E-state index in [9.17, 15) is 9.59 Å². The summed E-state index contributed by atoms with van der Waals surface area (Å²) >= 11 is 0. The van der Waals surface area contributed by atoms with Crippen LogP contribution in [0.5, 0.6) is 5.75 Å². The molecule has 0 atom stereocenters. The zero-order chi connectivity index (χ0) is 18.1. The Morgan fingerprint density at radius 3 is 2.36 bits per heavy atom. The van der Waals surface area contributed by atoms with Crippen LogP contribution in [0.3, 0.4) is 0 Å². The molecule has 7 heteroatoms. The lowest BCUT2D eigenvalue weighted by atomic mass is 10.1. The van der Waals surface area contributed by atoms with Crippen molar-refractivity contribution in [2.45, 2.75) is 20.8 Å². The molecule has 2 heterocycles. The third kappa shape index (κ3) is 3.08. The lowest BCUT2D eigenvalue weighted by Gasteiger charge is -2.05. The maximum atomic E-state index is 12.3. The average molecular weight is 342 g/mol. The second-order valence-corrected chi connectivity index (χ2v) is 5.65. The predicted molar refractivity (Wildman–Crippen MR) is 90.6 cm³/mol. The number of aryl methyl sites for hydroxylation is 3. The van der Waals surface area contributed by atoms with Gasteiger partial charge in [0.2, 0.25) is 0 Å². The topological polar surface area (TPSA) is 93.7 Å². The SMILES string of the molecule is COc1ccc2oc(C(=O)NNC(=O)c3cc(C)oc3C)c(C)c2c1. The minimum absolute atomic E-state index is 0.128. The Labute approximate surface area is 143 Å². The molecule has 0 spiro atoms. The van der Waals surface area contributed by atoms with Crippen LogP contribution < -0.4 is 15.6 Å². The van der Waals surface area contributed by atoms with Crippen molar-refractivity contribution in [1.29, 1.82) is 0 Å². The molecule has 0 aliphatic heterocycles. The molecule has 0 aliphatic rings. The molecular formula is C18H18N2O5. The Balaban J connectivity index is 1.77. The second-order valence-electron chi connectivity index (χ2n) is 5.65. The fourth-order valence-electron chi connectivity index (χ4n) is 2.64. The number of furan rings is 2. The van der Waals surface area contributed by atoms with Crippen molar-refractivity contribution in [3.05, 3.63) is 52.7 Å². The highest BCUT2D eigenvalue weighted by molar-refractivity contribution is 6.01. The number of amides is 2. The summed E-state index contributed by atoms with van der Waals surface area (Å²) < 4.78 is 16.1. The van der Waals surface area contributed by atoms with Crippen molar-refractivity contribution in [2.75, 3.05) is 7.11 Å². The van der Waals surface area contributed by atoms with E-state index >= 15 is 0 Å². The molecule has 0 saturated heterocycles. The van der Waals surface area contributed by atoms with Gasteiger partial charge in [-0.1, -0.05) is 0 Å². The number of carbonyl (C=O) groups excluding carboxylic acids is 2. The van der Waals surface area contributed by atoms with E-state index in [0.29, 0.717) is 34.0 Å². The molecule has 130 valence electrons. The largest absolute Gasteiger partial charge is 0.497 e. The van der Waals surface area contributed by atoms with Gasteiger partial charge in [-0.3, -0.25) is 20.4 Å². The van der Waals surface area contributed by atoms with E-state index in [2.05, 4.69) is 10.9 Å². The molecule has 3 aromatic rings. The van der Waals surface area contributed by atoms with Crippen LogP contribution in [0.2, 0.25) is 0 Å². The first-order valence-corrected chi connectivity index (χ1v) is 7.65. The van der Waals surface area contributed by atoms with Gasteiger partial charge < -0.3 is 13.6 Å². The van der Waals surface area contributed by atoms with Crippen LogP contribution in [0.25, 0.3) is 11.0 Å². The van der Waals surface area contributed by atoms with Gasteiger partial charge in [0.15, 0.2) is 5.76 Å². The zero-order valence-corrected chi connectivity index (χ0v) is 14.4. The summed E-state index contributed by atoms with van der Waals surface area (Å²) in [6.45, 7) is 5.19. The first kappa shape index (κ1) is 16.6. The van der Waals surface area contributed by atoms with Gasteiger partial charge in [0.1, 0.15) is 22.9 Å². The standard InChI is InChI=1S/C18H18N2O5/c1-9-7-14(11(3)24-9)17(21)19-20-18(22)16-10(2)13-8-12(23-4)5-6-15(13)25-16/h5-8H,1-4H3,(H,19,21)(H,20,22). The van der Waals surface area contributed by atoms with Gasteiger partial charge >= 0.3 is 5.91 Å². The van der Waals surface area contributed by atoms with E-state index in [0.717, 1.165) is 5.39 Å². The summed E-state index contributed by atoms with van der Waals surface area (Å²) in [5.41, 5.74) is 6.31. The fraction of sp³-hybridized carbons (Fsp3) is 0.222. The summed E-state index contributed by atoms with van der Waals surface area (Å²) in [5, 5.41) is 0.775. The van der Waals surface area contributed by atoms with Crippen LogP contribution in [0.4, 0.5) is 0 Å². The number of hydrogen-bond acceptors (Lipinski definition) is 5. The minimum Gasteiger partial charge on any atom is -0.497 e. The number of hydrazine groups is 1. The molecular weight excluding hydrogens is 324 g/mol. The van der Waals surface area contributed by atoms with Crippen LogP contribution in [-0.2, 0) is 0 Å². The number of rotatable bonds is 3. The first-order chi connectivity index (χ1) is 11.9. The van der Waals surface area contributed by atoms with Gasteiger partial charge in [-0.25, -0.2) is 0 Å². The van der Waals surface area contributed by atoms with Gasteiger partial charge in [-0.05, 0) is 45.0 Å². The molecule has 1 aromatic carbocycles. The van der Waals surface area contributed by atoms with Gasteiger partial charge in [0.05, 0.1) is 12.7 Å². The van der Waals surface area contributed by atoms with E-state index in [1.54, 1.807) is 52.1 Å². The summed E-state index contributed by atoms with van der Waals surface area (Å²) in [7, 11) is 1.57. The molecule has 0 aliphatic carbocycles. The zero-order valence-electron chi connectivity index (χ0n) is 14.4. The van der Waals surface area contributed by atoms with Gasteiger partial charge in [-0.2, -0.15) is 0 Å². The lowest BCUT2D eigenvalue weighted by molar-refractivity contribution is 0.0830. The highest BCUT2D eigenvalue weighted by atomic mass is 16.5. The summed E-state index contributed by atoms with van der Waals surface area (Å²) in [5.74, 6) is 0.899. The van der Waals surface area contributed by atoms with Crippen LogP contribution in [-0.4, -0.2) is 18.9 Å². The highest BCUT2D eigenvalue weighted by Crippen LogP contribution is 2.28. The van der Waals surface area contributed by atoms with E-state index in [1.807, 2.05) is 0 Å². The maximum absolute atomic E-state index is 12.3. The fourth-order valence-corrected chi connectivity index (χ4v) is 2.64. The van der Waals surface area contributed by atoms with Crippen molar-refractivity contribution in [2.24, 2.45) is 0 Å². The highest BCUT2D eigenvalue weighted by Gasteiger charge is 2.20. The van der Waals surface area contributed by atoms with E-state index in [4.69, 9.17) is 13.6 Å². The Hall–Kier alpha value is -3.22. The van der Waals surface area contributed by atoms with E-state index in [1.165, 1.54) is 0 Å². The number of hydrogen-bond donors (Lipinski definition) is 2. The van der Waals surface area contributed by atoms with Crippen molar-refractivity contribution >= 4 is 22.8 Å². The molecule has 0 fully saturated rings. The predicted octanol–water partition coefficient (Wildman–Crippen LogP) is 3.03. The van der Waals surface area contributed by atoms with Crippen LogP contribution in [0.1, 0.15) is 38.0 Å². The van der Waals surface area contributed by atoms with Gasteiger partial charge in [0, 0.05) is 10.9 Å². The molecule has 2 aromatic heterocycles. The Morgan fingerprint density at radius 2 is 1.72 bits per heavy atom. The van der Waals surface area contributed by atoms with Crippen molar-refractivity contribution in [3.8, 4) is 5.75 Å². The number of carbonyl (C=O) groups is 2. The summed E-state index contributed by atoms with van der Waals surface area (Å²) in [6, 6.07) is 6.88. The van der Waals surface area contributed by atoms with Crippen molar-refractivity contribution in [1.82, 2.24) is 10.9 Å². The van der Waals surface area contributed by atoms with Crippen molar-refractivity contribution < 1.29 is 23.2 Å². The smallest absolute Gasteiger partial charge is 0.305 e. The lowest BCUT2D eigenvalue weighted by Crippen LogP contribution is -2.41. The molecule has 2 amide bonds. The monoisotopic (exact) mass is 342 g/mol. The second kappa shape index (κ2) is 6.35. The molecule has 0 bridgehead atoms. The van der Waals surface area contributed by atoms with E-state index < -0.39 is 11.8 Å². The number of fused-ring (bicyclic) bond motifs is 1. The van der Waals surface area contributed by atoms with Gasteiger partial charge in [-0.15, -0.1) is 0 Å². The molecule has 7 nitrogen and oxygen atoms in total. The van der Waals surface area contributed by atoms with Gasteiger partial charge in [0.25, 0.3) is 5.91 Å². The summed E-state index contributed by atoms with van der Waals surface area (Å²) in [6.07, 6.45) is 0. The maximum Gasteiger partial charge on any atom is 0.305 e.